The second-order valence-electron chi connectivity index (χ2n) is 5.87. The van der Waals surface area contributed by atoms with Crippen LogP contribution in [0.4, 0.5) is 5.69 Å². The van der Waals surface area contributed by atoms with Gasteiger partial charge in [-0.2, -0.15) is 5.10 Å². The molecule has 1 N–H and O–H groups in total. The number of thioether (sulfide) groups is 1. The van der Waals surface area contributed by atoms with Gasteiger partial charge in [-0.15, -0.1) is 5.10 Å². The first-order chi connectivity index (χ1) is 13.7. The van der Waals surface area contributed by atoms with E-state index in [9.17, 15) is 0 Å². The molecule has 5 nitrogen and oxygen atoms in total. The molecular formula is C20H15Br2N5S. The van der Waals surface area contributed by atoms with Crippen molar-refractivity contribution in [3.8, 4) is 0 Å². The zero-order valence-electron chi connectivity index (χ0n) is 14.6. The molecule has 0 aliphatic carbocycles. The first-order valence-corrected chi connectivity index (χ1v) is 11.0. The molecule has 0 bridgehead atoms. The van der Waals surface area contributed by atoms with Crippen molar-refractivity contribution in [2.75, 3.05) is 5.43 Å². The third-order valence-corrected chi connectivity index (χ3v) is 6.10. The molecule has 8 heteroatoms. The lowest BCUT2D eigenvalue weighted by molar-refractivity contribution is 0.724. The minimum absolute atomic E-state index is 0.609. The van der Waals surface area contributed by atoms with Crippen LogP contribution in [-0.4, -0.2) is 20.0 Å². The highest BCUT2D eigenvalue weighted by Crippen LogP contribution is 2.27. The van der Waals surface area contributed by atoms with Crippen LogP contribution in [0.1, 0.15) is 5.56 Å². The Hall–Kier alpha value is -2.16. The maximum Gasteiger partial charge on any atom is 0.125 e. The number of aromatic nitrogens is 3. The van der Waals surface area contributed by atoms with Gasteiger partial charge >= 0.3 is 0 Å². The van der Waals surface area contributed by atoms with Crippen molar-refractivity contribution in [1.29, 1.82) is 0 Å². The van der Waals surface area contributed by atoms with Crippen molar-refractivity contribution in [3.05, 3.63) is 87.3 Å². The van der Waals surface area contributed by atoms with E-state index in [0.717, 1.165) is 36.3 Å². The molecule has 4 rings (SSSR count). The minimum atomic E-state index is 0.609. The molecule has 4 aromatic rings. The first kappa shape index (κ1) is 19.2. The summed E-state index contributed by atoms with van der Waals surface area (Å²) < 4.78 is 3.82. The minimum Gasteiger partial charge on any atom is -0.276 e. The third kappa shape index (κ3) is 4.45. The predicted octanol–water partition coefficient (Wildman–Crippen LogP) is 6.12. The molecule has 0 radical (unpaired) electrons. The fourth-order valence-electron chi connectivity index (χ4n) is 2.59. The summed E-state index contributed by atoms with van der Waals surface area (Å²) in [4.78, 5) is 0. The summed E-state index contributed by atoms with van der Waals surface area (Å²) in [6.07, 6.45) is 0. The summed E-state index contributed by atoms with van der Waals surface area (Å²) in [5.74, 6) is 0.609. The summed E-state index contributed by atoms with van der Waals surface area (Å²) in [5, 5.41) is 14.0. The maximum atomic E-state index is 4.66. The van der Waals surface area contributed by atoms with E-state index in [1.807, 2.05) is 77.5 Å². The number of anilines is 1. The molecule has 0 saturated heterocycles. The summed E-state index contributed by atoms with van der Waals surface area (Å²) >= 11 is 8.63. The SMILES string of the molecule is Brc1ccc(N/N=C(\SCn2nnc3ccccc32)c2ccccc2)c(Br)c1. The van der Waals surface area contributed by atoms with Crippen LogP contribution in [0.5, 0.6) is 0 Å². The first-order valence-electron chi connectivity index (χ1n) is 8.46. The second-order valence-corrected chi connectivity index (χ2v) is 8.57. The number of para-hydroxylation sites is 1. The molecule has 0 aliphatic heterocycles. The molecule has 0 amide bonds. The number of rotatable bonds is 5. The number of hydrogen-bond donors (Lipinski definition) is 1. The van der Waals surface area contributed by atoms with Crippen molar-refractivity contribution < 1.29 is 0 Å². The van der Waals surface area contributed by atoms with E-state index < -0.39 is 0 Å². The van der Waals surface area contributed by atoms with Gasteiger partial charge in [-0.25, -0.2) is 4.68 Å². The van der Waals surface area contributed by atoms with Crippen LogP contribution in [-0.2, 0) is 5.88 Å². The van der Waals surface area contributed by atoms with Crippen molar-refractivity contribution in [1.82, 2.24) is 15.0 Å². The van der Waals surface area contributed by atoms with E-state index in [4.69, 9.17) is 0 Å². The van der Waals surface area contributed by atoms with Crippen LogP contribution >= 0.6 is 43.6 Å². The van der Waals surface area contributed by atoms with Gasteiger partial charge in [0, 0.05) is 14.5 Å². The van der Waals surface area contributed by atoms with Gasteiger partial charge in [-0.3, -0.25) is 5.43 Å². The second kappa shape index (κ2) is 8.89. The Morgan fingerprint density at radius 2 is 1.79 bits per heavy atom. The zero-order valence-corrected chi connectivity index (χ0v) is 18.6. The molecular weight excluding hydrogens is 502 g/mol. The predicted molar refractivity (Wildman–Crippen MR) is 124 cm³/mol. The zero-order chi connectivity index (χ0) is 19.3. The standard InChI is InChI=1S/C20H15Br2N5S/c21-15-10-11-17(16(22)12-15)23-25-20(14-6-2-1-3-7-14)28-13-27-19-9-5-4-8-18(19)24-26-27/h1-12,23H,13H2/b25-20-. The van der Waals surface area contributed by atoms with Crippen LogP contribution in [0.2, 0.25) is 0 Å². The van der Waals surface area contributed by atoms with Crippen LogP contribution in [0.3, 0.4) is 0 Å². The molecule has 3 aromatic carbocycles. The largest absolute Gasteiger partial charge is 0.276 e. The van der Waals surface area contributed by atoms with Crippen molar-refractivity contribution in [2.24, 2.45) is 5.10 Å². The molecule has 0 aliphatic rings. The van der Waals surface area contributed by atoms with Crippen LogP contribution in [0.15, 0.2) is 86.8 Å². The maximum absolute atomic E-state index is 4.66. The lowest BCUT2D eigenvalue weighted by Crippen LogP contribution is -2.05. The molecule has 0 unspecified atom stereocenters. The lowest BCUT2D eigenvalue weighted by Gasteiger charge is -2.09. The van der Waals surface area contributed by atoms with Gasteiger partial charge in [0.05, 0.1) is 17.1 Å². The molecule has 0 fully saturated rings. The number of fused-ring (bicyclic) bond motifs is 1. The highest BCUT2D eigenvalue weighted by molar-refractivity contribution is 9.11. The summed E-state index contributed by atoms with van der Waals surface area (Å²) in [6, 6.07) is 24.0. The highest BCUT2D eigenvalue weighted by atomic mass is 79.9. The van der Waals surface area contributed by atoms with Gasteiger partial charge in [0.2, 0.25) is 0 Å². The van der Waals surface area contributed by atoms with Gasteiger partial charge < -0.3 is 0 Å². The van der Waals surface area contributed by atoms with E-state index >= 15 is 0 Å². The summed E-state index contributed by atoms with van der Waals surface area (Å²) in [7, 11) is 0. The van der Waals surface area contributed by atoms with E-state index in [1.54, 1.807) is 11.8 Å². The number of halogens is 2. The molecule has 140 valence electrons. The van der Waals surface area contributed by atoms with Gasteiger partial charge in [-0.1, -0.05) is 75.4 Å². The summed E-state index contributed by atoms with van der Waals surface area (Å²) in [6.45, 7) is 0. The third-order valence-electron chi connectivity index (χ3n) is 3.97. The highest BCUT2D eigenvalue weighted by Gasteiger charge is 2.09. The van der Waals surface area contributed by atoms with E-state index in [1.165, 1.54) is 0 Å². The number of nitrogens with zero attached hydrogens (tertiary/aromatic N) is 4. The Morgan fingerprint density at radius 3 is 2.61 bits per heavy atom. The van der Waals surface area contributed by atoms with Gasteiger partial charge in [0.1, 0.15) is 10.6 Å². The van der Waals surface area contributed by atoms with Crippen LogP contribution in [0, 0.1) is 0 Å². The van der Waals surface area contributed by atoms with E-state index in [0.29, 0.717) is 5.88 Å². The van der Waals surface area contributed by atoms with Crippen molar-refractivity contribution in [2.45, 2.75) is 5.88 Å². The molecule has 1 aromatic heterocycles. The Bertz CT molecular complexity index is 1130. The normalized spacial score (nSPS) is 11.7. The smallest absolute Gasteiger partial charge is 0.125 e. The Labute approximate surface area is 183 Å². The van der Waals surface area contributed by atoms with Crippen molar-refractivity contribution in [3.63, 3.8) is 0 Å². The van der Waals surface area contributed by atoms with Gasteiger partial charge in [-0.05, 0) is 46.3 Å². The molecule has 0 spiro atoms. The Morgan fingerprint density at radius 1 is 1.00 bits per heavy atom. The Balaban J connectivity index is 1.58. The lowest BCUT2D eigenvalue weighted by atomic mass is 10.2. The average Bonchev–Trinajstić information content (AvgIpc) is 3.13. The van der Waals surface area contributed by atoms with Crippen LogP contribution in [0.25, 0.3) is 11.0 Å². The van der Waals surface area contributed by atoms with E-state index in [2.05, 4.69) is 52.7 Å². The quantitative estimate of drug-likeness (QED) is 0.197. The average molecular weight is 517 g/mol. The molecule has 0 saturated carbocycles. The number of benzene rings is 3. The number of nitrogens with one attached hydrogen (secondary N) is 1. The fourth-order valence-corrected chi connectivity index (χ4v) is 4.57. The van der Waals surface area contributed by atoms with Crippen molar-refractivity contribution >= 4 is 65.4 Å². The number of hydrogen-bond acceptors (Lipinski definition) is 5. The van der Waals surface area contributed by atoms with Gasteiger partial charge in [0.15, 0.2) is 0 Å². The van der Waals surface area contributed by atoms with Crippen LogP contribution < -0.4 is 5.43 Å². The molecule has 1 heterocycles. The number of hydrazone groups is 1. The Kier molecular flexibility index (Phi) is 6.09. The van der Waals surface area contributed by atoms with Gasteiger partial charge in [0.25, 0.3) is 0 Å². The monoisotopic (exact) mass is 515 g/mol. The topological polar surface area (TPSA) is 55.1 Å². The van der Waals surface area contributed by atoms with E-state index in [-0.39, 0.29) is 0 Å². The summed E-state index contributed by atoms with van der Waals surface area (Å²) in [5.41, 5.74) is 6.98. The molecule has 28 heavy (non-hydrogen) atoms. The molecule has 0 atom stereocenters. The fraction of sp³-hybridized carbons (Fsp3) is 0.0500.